The van der Waals surface area contributed by atoms with Crippen LogP contribution in [-0.2, 0) is 6.54 Å². The number of aromatic nitrogens is 3. The summed E-state index contributed by atoms with van der Waals surface area (Å²) in [6, 6.07) is 17.0. The third kappa shape index (κ3) is 2.61. The molecule has 0 N–H and O–H groups in total. The smallest absolute Gasteiger partial charge is 0.0954 e. The molecule has 0 amide bonds. The molecule has 0 fully saturated rings. The maximum Gasteiger partial charge on any atom is 0.0954 e. The Hall–Kier alpha value is -2.52. The Morgan fingerprint density at radius 1 is 1.00 bits per heavy atom. The SMILES string of the molecule is CCn1ccc2cc(C(c3ccc(Cl)cc3)n3ccnc3)ccc21. The van der Waals surface area contributed by atoms with E-state index in [4.69, 9.17) is 11.6 Å². The van der Waals surface area contributed by atoms with E-state index in [2.05, 4.69) is 63.6 Å². The minimum absolute atomic E-state index is 0.0825. The minimum atomic E-state index is 0.0825. The number of benzene rings is 2. The van der Waals surface area contributed by atoms with Crippen molar-refractivity contribution in [2.75, 3.05) is 0 Å². The summed E-state index contributed by atoms with van der Waals surface area (Å²) in [5.41, 5.74) is 3.69. The molecule has 0 spiro atoms. The van der Waals surface area contributed by atoms with Crippen molar-refractivity contribution in [1.29, 1.82) is 0 Å². The van der Waals surface area contributed by atoms with Crippen LogP contribution in [-0.4, -0.2) is 14.1 Å². The largest absolute Gasteiger partial charge is 0.348 e. The first-order valence-electron chi connectivity index (χ1n) is 8.08. The highest BCUT2D eigenvalue weighted by atomic mass is 35.5. The third-order valence-electron chi connectivity index (χ3n) is 4.46. The molecule has 4 rings (SSSR count). The molecule has 2 heterocycles. The maximum absolute atomic E-state index is 6.06. The molecule has 24 heavy (non-hydrogen) atoms. The van der Waals surface area contributed by atoms with Gasteiger partial charge in [-0.2, -0.15) is 0 Å². The van der Waals surface area contributed by atoms with Gasteiger partial charge < -0.3 is 9.13 Å². The van der Waals surface area contributed by atoms with E-state index >= 15 is 0 Å². The number of fused-ring (bicyclic) bond motifs is 1. The van der Waals surface area contributed by atoms with Crippen LogP contribution in [0, 0.1) is 0 Å². The van der Waals surface area contributed by atoms with Gasteiger partial charge in [-0.05, 0) is 53.8 Å². The molecule has 0 bridgehead atoms. The minimum Gasteiger partial charge on any atom is -0.348 e. The van der Waals surface area contributed by atoms with Crippen molar-refractivity contribution in [2.24, 2.45) is 0 Å². The number of aryl methyl sites for hydroxylation is 1. The van der Waals surface area contributed by atoms with Gasteiger partial charge in [0.15, 0.2) is 0 Å². The predicted octanol–water partition coefficient (Wildman–Crippen LogP) is 5.15. The monoisotopic (exact) mass is 335 g/mol. The number of rotatable bonds is 4. The van der Waals surface area contributed by atoms with E-state index in [-0.39, 0.29) is 6.04 Å². The second kappa shape index (κ2) is 6.17. The van der Waals surface area contributed by atoms with Crippen molar-refractivity contribution >= 4 is 22.5 Å². The highest BCUT2D eigenvalue weighted by Gasteiger charge is 2.16. The molecule has 1 unspecified atom stereocenters. The van der Waals surface area contributed by atoms with Crippen molar-refractivity contribution in [3.8, 4) is 0 Å². The summed E-state index contributed by atoms with van der Waals surface area (Å²) < 4.78 is 4.38. The quantitative estimate of drug-likeness (QED) is 0.505. The third-order valence-corrected chi connectivity index (χ3v) is 4.71. The van der Waals surface area contributed by atoms with Crippen LogP contribution < -0.4 is 0 Å². The van der Waals surface area contributed by atoms with Gasteiger partial charge in [-0.1, -0.05) is 29.8 Å². The molecule has 0 aliphatic carbocycles. The molecule has 1 atom stereocenters. The van der Waals surface area contributed by atoms with Crippen molar-refractivity contribution in [3.63, 3.8) is 0 Å². The molecule has 0 saturated carbocycles. The van der Waals surface area contributed by atoms with Gasteiger partial charge in [0, 0.05) is 35.7 Å². The summed E-state index contributed by atoms with van der Waals surface area (Å²) >= 11 is 6.06. The highest BCUT2D eigenvalue weighted by Crippen LogP contribution is 2.30. The van der Waals surface area contributed by atoms with Gasteiger partial charge in [-0.15, -0.1) is 0 Å². The molecule has 120 valence electrons. The predicted molar refractivity (Wildman–Crippen MR) is 98.5 cm³/mol. The van der Waals surface area contributed by atoms with Gasteiger partial charge in [0.2, 0.25) is 0 Å². The van der Waals surface area contributed by atoms with E-state index < -0.39 is 0 Å². The average Bonchev–Trinajstić information content (AvgIpc) is 3.26. The molecular formula is C20H18ClN3. The van der Waals surface area contributed by atoms with Crippen LogP contribution in [0.25, 0.3) is 10.9 Å². The number of hydrogen-bond acceptors (Lipinski definition) is 1. The fourth-order valence-corrected chi connectivity index (χ4v) is 3.39. The van der Waals surface area contributed by atoms with E-state index in [1.165, 1.54) is 22.0 Å². The molecule has 2 aromatic carbocycles. The summed E-state index contributed by atoms with van der Waals surface area (Å²) in [7, 11) is 0. The molecule has 4 aromatic rings. The summed E-state index contributed by atoms with van der Waals surface area (Å²) in [5.74, 6) is 0. The zero-order chi connectivity index (χ0) is 16.5. The molecular weight excluding hydrogens is 318 g/mol. The lowest BCUT2D eigenvalue weighted by atomic mass is 9.97. The number of nitrogens with zero attached hydrogens (tertiary/aromatic N) is 3. The molecule has 2 aromatic heterocycles. The lowest BCUT2D eigenvalue weighted by molar-refractivity contribution is 0.677. The molecule has 0 aliphatic rings. The summed E-state index contributed by atoms with van der Waals surface area (Å²) in [4.78, 5) is 4.22. The maximum atomic E-state index is 6.06. The Kier molecular flexibility index (Phi) is 3.87. The van der Waals surface area contributed by atoms with Crippen LogP contribution in [0.4, 0.5) is 0 Å². The van der Waals surface area contributed by atoms with Gasteiger partial charge in [0.25, 0.3) is 0 Å². The van der Waals surface area contributed by atoms with Gasteiger partial charge in [0.1, 0.15) is 0 Å². The number of imidazole rings is 1. The van der Waals surface area contributed by atoms with Crippen LogP contribution in [0.1, 0.15) is 24.1 Å². The lowest BCUT2D eigenvalue weighted by Crippen LogP contribution is -2.10. The van der Waals surface area contributed by atoms with Crippen molar-refractivity contribution < 1.29 is 0 Å². The standard InChI is InChI=1S/C20H18ClN3/c1-2-23-11-9-16-13-17(5-8-19(16)23)20(24-12-10-22-14-24)15-3-6-18(21)7-4-15/h3-14,20H,2H2,1H3. The first kappa shape index (κ1) is 15.0. The topological polar surface area (TPSA) is 22.8 Å². The Bertz CT molecular complexity index is 952. The van der Waals surface area contributed by atoms with E-state index in [1.807, 2.05) is 30.9 Å². The van der Waals surface area contributed by atoms with Crippen LogP contribution in [0.2, 0.25) is 5.02 Å². The normalized spacial score (nSPS) is 12.6. The Labute approximate surface area is 146 Å². The summed E-state index contributed by atoms with van der Waals surface area (Å²) in [5, 5.41) is 2.01. The molecule has 0 radical (unpaired) electrons. The van der Waals surface area contributed by atoms with Gasteiger partial charge in [-0.25, -0.2) is 4.98 Å². The zero-order valence-corrected chi connectivity index (χ0v) is 14.2. The van der Waals surface area contributed by atoms with Crippen LogP contribution in [0.3, 0.4) is 0 Å². The summed E-state index contributed by atoms with van der Waals surface area (Å²) in [6.07, 6.45) is 7.82. The average molecular weight is 336 g/mol. The first-order chi connectivity index (χ1) is 11.8. The Morgan fingerprint density at radius 3 is 2.50 bits per heavy atom. The second-order valence-electron chi connectivity index (χ2n) is 5.88. The Balaban J connectivity index is 1.85. The van der Waals surface area contributed by atoms with Gasteiger partial charge >= 0.3 is 0 Å². The fraction of sp³-hybridized carbons (Fsp3) is 0.150. The Morgan fingerprint density at radius 2 is 1.79 bits per heavy atom. The molecule has 0 saturated heterocycles. The van der Waals surface area contributed by atoms with Gasteiger partial charge in [0.05, 0.1) is 12.4 Å². The lowest BCUT2D eigenvalue weighted by Gasteiger charge is -2.20. The highest BCUT2D eigenvalue weighted by molar-refractivity contribution is 6.30. The zero-order valence-electron chi connectivity index (χ0n) is 13.4. The molecule has 3 nitrogen and oxygen atoms in total. The van der Waals surface area contributed by atoms with Crippen molar-refractivity contribution in [2.45, 2.75) is 19.5 Å². The second-order valence-corrected chi connectivity index (χ2v) is 6.32. The van der Waals surface area contributed by atoms with E-state index in [0.717, 1.165) is 11.6 Å². The van der Waals surface area contributed by atoms with E-state index in [9.17, 15) is 0 Å². The first-order valence-corrected chi connectivity index (χ1v) is 8.46. The van der Waals surface area contributed by atoms with Crippen molar-refractivity contribution in [3.05, 3.63) is 89.6 Å². The number of hydrogen-bond donors (Lipinski definition) is 0. The molecule has 0 aliphatic heterocycles. The van der Waals surface area contributed by atoms with E-state index in [1.54, 1.807) is 0 Å². The summed E-state index contributed by atoms with van der Waals surface area (Å²) in [6.45, 7) is 3.14. The fourth-order valence-electron chi connectivity index (χ4n) is 3.27. The molecule has 4 heteroatoms. The van der Waals surface area contributed by atoms with Crippen molar-refractivity contribution in [1.82, 2.24) is 14.1 Å². The van der Waals surface area contributed by atoms with Crippen LogP contribution in [0.15, 0.2) is 73.4 Å². The van der Waals surface area contributed by atoms with Crippen LogP contribution >= 0.6 is 11.6 Å². The van der Waals surface area contributed by atoms with E-state index in [0.29, 0.717) is 0 Å². The number of halogens is 1. The van der Waals surface area contributed by atoms with Gasteiger partial charge in [-0.3, -0.25) is 0 Å². The van der Waals surface area contributed by atoms with Crippen LogP contribution in [0.5, 0.6) is 0 Å².